The molecule has 3 aromatic heterocycles. The van der Waals surface area contributed by atoms with Crippen molar-refractivity contribution in [1.82, 2.24) is 24.5 Å². The van der Waals surface area contributed by atoms with Crippen molar-refractivity contribution in [3.05, 3.63) is 59.8 Å². The van der Waals surface area contributed by atoms with Crippen LogP contribution in [0.2, 0.25) is 0 Å². The number of fused-ring (bicyclic) bond motifs is 2. The van der Waals surface area contributed by atoms with E-state index in [1.165, 1.54) is 51.9 Å². The second-order valence-electron chi connectivity index (χ2n) is 8.27. The van der Waals surface area contributed by atoms with E-state index >= 15 is 0 Å². The number of nitrogens with zero attached hydrogens (tertiary/aromatic N) is 5. The van der Waals surface area contributed by atoms with Crippen LogP contribution in [0.4, 0.5) is 26.3 Å². The van der Waals surface area contributed by atoms with Crippen molar-refractivity contribution < 1.29 is 26.3 Å². The molecule has 0 aliphatic carbocycles. The van der Waals surface area contributed by atoms with Crippen LogP contribution in [0.15, 0.2) is 48.7 Å². The maximum absolute atomic E-state index is 14.0. The molecule has 1 fully saturated rings. The quantitative estimate of drug-likeness (QED) is 0.434. The van der Waals surface area contributed by atoms with E-state index < -0.39 is 24.0 Å². The third-order valence-corrected chi connectivity index (χ3v) is 5.93. The van der Waals surface area contributed by atoms with Crippen molar-refractivity contribution in [3.63, 3.8) is 0 Å². The first kappa shape index (κ1) is 22.5. The molecule has 0 spiro atoms. The van der Waals surface area contributed by atoms with Gasteiger partial charge in [-0.05, 0) is 30.2 Å². The highest BCUT2D eigenvalue weighted by Gasteiger charge is 2.46. The third-order valence-electron chi connectivity index (χ3n) is 5.93. The second-order valence-corrected chi connectivity index (χ2v) is 8.27. The first-order valence-electron chi connectivity index (χ1n) is 10.4. The molecule has 0 saturated carbocycles. The largest absolute Gasteiger partial charge is 0.418 e. The van der Waals surface area contributed by atoms with Crippen LogP contribution in [-0.4, -0.2) is 49.8 Å². The maximum atomic E-state index is 14.0. The number of pyridine rings is 2. The molecule has 34 heavy (non-hydrogen) atoms. The normalized spacial score (nSPS) is 18.7. The third kappa shape index (κ3) is 3.96. The predicted molar refractivity (Wildman–Crippen MR) is 112 cm³/mol. The molecule has 12 heteroatoms. The summed E-state index contributed by atoms with van der Waals surface area (Å²) in [5.74, 6) is 0.0368. The fourth-order valence-corrected chi connectivity index (χ4v) is 4.40. The van der Waals surface area contributed by atoms with E-state index in [9.17, 15) is 26.3 Å². The van der Waals surface area contributed by atoms with Crippen LogP contribution in [0, 0.1) is 0 Å². The highest BCUT2D eigenvalue weighted by molar-refractivity contribution is 5.84. The van der Waals surface area contributed by atoms with Crippen LogP contribution < -0.4 is 5.73 Å². The van der Waals surface area contributed by atoms with Gasteiger partial charge in [-0.1, -0.05) is 24.3 Å². The van der Waals surface area contributed by atoms with E-state index in [-0.39, 0.29) is 52.8 Å². The Morgan fingerprint density at radius 2 is 1.76 bits per heavy atom. The molecule has 2 N–H and O–H groups in total. The summed E-state index contributed by atoms with van der Waals surface area (Å²) in [7, 11) is 0. The number of aromatic nitrogens is 4. The summed E-state index contributed by atoms with van der Waals surface area (Å²) in [6.07, 6.45) is -7.47. The number of halogens is 6. The van der Waals surface area contributed by atoms with Crippen LogP contribution in [0.1, 0.15) is 23.6 Å². The Morgan fingerprint density at radius 3 is 2.44 bits per heavy atom. The van der Waals surface area contributed by atoms with Gasteiger partial charge in [-0.15, -0.1) is 10.2 Å². The van der Waals surface area contributed by atoms with Gasteiger partial charge in [-0.3, -0.25) is 9.30 Å². The highest BCUT2D eigenvalue weighted by atomic mass is 19.4. The van der Waals surface area contributed by atoms with Gasteiger partial charge in [0.05, 0.1) is 11.1 Å². The lowest BCUT2D eigenvalue weighted by molar-refractivity contribution is -0.183. The van der Waals surface area contributed by atoms with Crippen molar-refractivity contribution in [2.75, 3.05) is 13.1 Å². The molecule has 0 amide bonds. The lowest BCUT2D eigenvalue weighted by atomic mass is 10.1. The van der Waals surface area contributed by atoms with Gasteiger partial charge < -0.3 is 5.73 Å². The molecular formula is C22H18F6N6. The van der Waals surface area contributed by atoms with Gasteiger partial charge in [-0.25, -0.2) is 4.98 Å². The van der Waals surface area contributed by atoms with E-state index in [0.29, 0.717) is 6.42 Å². The first-order chi connectivity index (χ1) is 16.0. The topological polar surface area (TPSA) is 72.3 Å². The summed E-state index contributed by atoms with van der Waals surface area (Å²) in [5.41, 5.74) is 4.88. The zero-order valence-corrected chi connectivity index (χ0v) is 17.5. The van der Waals surface area contributed by atoms with E-state index in [4.69, 9.17) is 5.73 Å². The summed E-state index contributed by atoms with van der Waals surface area (Å²) in [5, 5.41) is 8.22. The molecule has 4 heterocycles. The van der Waals surface area contributed by atoms with Crippen molar-refractivity contribution in [2.45, 2.75) is 30.9 Å². The summed E-state index contributed by atoms with van der Waals surface area (Å²) < 4.78 is 83.8. The smallest absolute Gasteiger partial charge is 0.326 e. The van der Waals surface area contributed by atoms with Gasteiger partial charge in [0.15, 0.2) is 11.5 Å². The second kappa shape index (κ2) is 7.91. The number of rotatable bonds is 3. The van der Waals surface area contributed by atoms with E-state index in [2.05, 4.69) is 15.2 Å². The molecule has 4 aromatic rings. The molecule has 1 aliphatic rings. The van der Waals surface area contributed by atoms with Crippen LogP contribution in [0.25, 0.3) is 28.1 Å². The molecule has 1 aromatic carbocycles. The summed E-state index contributed by atoms with van der Waals surface area (Å²) in [6.45, 7) is 0.300. The summed E-state index contributed by atoms with van der Waals surface area (Å²) in [6, 6.07) is 7.12. The van der Waals surface area contributed by atoms with E-state index in [1.807, 2.05) is 0 Å². The standard InChI is InChI=1S/C22H18F6N6/c23-21(24,25)15-3-1-2-12-4-6-16(30-18(12)15)20-32-31-17-7-5-13(10-34(17)20)19(22(26,27)28)33-9-8-14(29)11-33/h1-7,10,14,19H,8-9,11,29H2/t14-,19+/m0/s1. The average Bonchev–Trinajstić information content (AvgIpc) is 3.37. The van der Waals surface area contributed by atoms with Gasteiger partial charge in [0, 0.05) is 30.7 Å². The SMILES string of the molecule is N[C@H]1CCN([C@H](c2ccc3nnc(-c4ccc5cccc(C(F)(F)F)c5n4)n3c2)C(F)(F)F)C1. The molecule has 6 nitrogen and oxygen atoms in total. The molecule has 1 saturated heterocycles. The van der Waals surface area contributed by atoms with Gasteiger partial charge in [0.1, 0.15) is 11.7 Å². The molecule has 5 rings (SSSR count). The molecule has 2 atom stereocenters. The number of benzene rings is 1. The lowest BCUT2D eigenvalue weighted by Gasteiger charge is -2.30. The highest BCUT2D eigenvalue weighted by Crippen LogP contribution is 2.40. The maximum Gasteiger partial charge on any atom is 0.418 e. The Bertz CT molecular complexity index is 1360. The van der Waals surface area contributed by atoms with Crippen LogP contribution >= 0.6 is 0 Å². The number of alkyl halides is 6. The van der Waals surface area contributed by atoms with E-state index in [0.717, 1.165) is 6.07 Å². The lowest BCUT2D eigenvalue weighted by Crippen LogP contribution is -2.38. The summed E-state index contributed by atoms with van der Waals surface area (Å²) in [4.78, 5) is 5.43. The minimum Gasteiger partial charge on any atom is -0.326 e. The van der Waals surface area contributed by atoms with Crippen LogP contribution in [0.5, 0.6) is 0 Å². The van der Waals surface area contributed by atoms with Crippen molar-refractivity contribution in [1.29, 1.82) is 0 Å². The Hall–Kier alpha value is -3.25. The number of likely N-dealkylation sites (tertiary alicyclic amines) is 1. The molecular weight excluding hydrogens is 462 g/mol. The number of hydrogen-bond donors (Lipinski definition) is 1. The number of para-hydroxylation sites is 1. The number of nitrogens with two attached hydrogens (primary N) is 1. The molecule has 0 unspecified atom stereocenters. The van der Waals surface area contributed by atoms with Gasteiger partial charge in [-0.2, -0.15) is 26.3 Å². The Labute approximate surface area is 189 Å². The minimum absolute atomic E-state index is 0.0368. The molecule has 0 bridgehead atoms. The fraction of sp³-hybridized carbons (Fsp3) is 0.318. The van der Waals surface area contributed by atoms with Gasteiger partial charge in [0.2, 0.25) is 0 Å². The van der Waals surface area contributed by atoms with Crippen molar-refractivity contribution in [2.24, 2.45) is 5.73 Å². The van der Waals surface area contributed by atoms with Crippen LogP contribution in [-0.2, 0) is 6.18 Å². The monoisotopic (exact) mass is 480 g/mol. The minimum atomic E-state index is -4.62. The zero-order valence-electron chi connectivity index (χ0n) is 17.5. The summed E-state index contributed by atoms with van der Waals surface area (Å²) >= 11 is 0. The average molecular weight is 480 g/mol. The zero-order chi connectivity index (χ0) is 24.3. The molecule has 178 valence electrons. The first-order valence-corrected chi connectivity index (χ1v) is 10.4. The Balaban J connectivity index is 1.63. The number of hydrogen-bond acceptors (Lipinski definition) is 5. The predicted octanol–water partition coefficient (Wildman–Crippen LogP) is 4.60. The Kier molecular flexibility index (Phi) is 5.24. The van der Waals surface area contributed by atoms with E-state index in [1.54, 1.807) is 0 Å². The van der Waals surface area contributed by atoms with Crippen LogP contribution in [0.3, 0.4) is 0 Å². The van der Waals surface area contributed by atoms with Gasteiger partial charge in [0.25, 0.3) is 0 Å². The van der Waals surface area contributed by atoms with Crippen molar-refractivity contribution >= 4 is 16.6 Å². The van der Waals surface area contributed by atoms with Gasteiger partial charge >= 0.3 is 12.4 Å². The molecule has 0 radical (unpaired) electrons. The Morgan fingerprint density at radius 1 is 0.971 bits per heavy atom. The molecule has 1 aliphatic heterocycles. The fourth-order valence-electron chi connectivity index (χ4n) is 4.40. The van der Waals surface area contributed by atoms with Crippen molar-refractivity contribution in [3.8, 4) is 11.5 Å².